The molecule has 2 aromatic carbocycles. The predicted octanol–water partition coefficient (Wildman–Crippen LogP) is 4.38. The summed E-state index contributed by atoms with van der Waals surface area (Å²) < 4.78 is 0. The topological polar surface area (TPSA) is 57.6 Å². The summed E-state index contributed by atoms with van der Waals surface area (Å²) in [7, 11) is 0. The third kappa shape index (κ3) is 4.08. The molecule has 0 spiro atoms. The van der Waals surface area contributed by atoms with E-state index in [0.29, 0.717) is 5.56 Å². The van der Waals surface area contributed by atoms with E-state index in [2.05, 4.69) is 0 Å². The molecule has 0 aromatic heterocycles. The number of hydrogen-bond acceptors (Lipinski definition) is 2. The average Bonchev–Trinajstić information content (AvgIpc) is 2.90. The molecule has 1 heterocycles. The van der Waals surface area contributed by atoms with Crippen LogP contribution in [0.25, 0.3) is 11.1 Å². The molecule has 4 nitrogen and oxygen atoms in total. The van der Waals surface area contributed by atoms with Crippen molar-refractivity contribution in [1.29, 1.82) is 0 Å². The van der Waals surface area contributed by atoms with Gasteiger partial charge in [0.2, 0.25) is 0 Å². The minimum Gasteiger partial charge on any atom is -0.478 e. The predicted molar refractivity (Wildman–Crippen MR) is 97.9 cm³/mol. The van der Waals surface area contributed by atoms with Crippen LogP contribution in [0.15, 0.2) is 42.5 Å². The number of carbonyl (C=O) groups is 2. The van der Waals surface area contributed by atoms with Crippen LogP contribution in [0.1, 0.15) is 52.0 Å². The Morgan fingerprint density at radius 3 is 2.04 bits per heavy atom. The molecule has 0 aliphatic carbocycles. The van der Waals surface area contributed by atoms with Gasteiger partial charge in [-0.15, -0.1) is 0 Å². The molecule has 1 fully saturated rings. The first-order chi connectivity index (χ1) is 12.0. The van der Waals surface area contributed by atoms with E-state index in [1.165, 1.54) is 6.07 Å². The molecule has 1 aliphatic heterocycles. The molecule has 1 N–H and O–H groups in total. The fourth-order valence-corrected chi connectivity index (χ4v) is 3.24. The molecule has 4 heteroatoms. The number of rotatable bonds is 3. The van der Waals surface area contributed by atoms with Crippen molar-refractivity contribution in [3.63, 3.8) is 0 Å². The summed E-state index contributed by atoms with van der Waals surface area (Å²) in [4.78, 5) is 26.3. The van der Waals surface area contributed by atoms with Gasteiger partial charge in [-0.05, 0) is 49.1 Å². The zero-order valence-corrected chi connectivity index (χ0v) is 14.5. The normalized spacial score (nSPS) is 14.8. The molecule has 0 bridgehead atoms. The van der Waals surface area contributed by atoms with E-state index in [1.807, 2.05) is 42.2 Å². The molecule has 2 aromatic rings. The van der Waals surface area contributed by atoms with Crippen LogP contribution in [0.2, 0.25) is 0 Å². The summed E-state index contributed by atoms with van der Waals surface area (Å²) in [5, 5.41) is 9.44. The number of likely N-dealkylation sites (tertiary alicyclic amines) is 1. The Kier molecular flexibility index (Phi) is 5.17. The van der Waals surface area contributed by atoms with Crippen LogP contribution in [0.5, 0.6) is 0 Å². The Morgan fingerprint density at radius 2 is 1.44 bits per heavy atom. The Hall–Kier alpha value is -2.62. The second-order valence-corrected chi connectivity index (χ2v) is 6.68. The molecular formula is C21H23NO3. The lowest BCUT2D eigenvalue weighted by atomic mass is 9.98. The maximum Gasteiger partial charge on any atom is 0.335 e. The fraction of sp³-hybridized carbons (Fsp3) is 0.333. The standard InChI is InChI=1S/C21H23NO3/c1-15-6-8-16(9-7-15)17-12-18(14-19(13-17)21(24)25)20(23)22-10-4-2-3-5-11-22/h6-9,12-14H,2-5,10-11H2,1H3,(H,24,25). The first-order valence-corrected chi connectivity index (χ1v) is 8.79. The van der Waals surface area contributed by atoms with Crippen molar-refractivity contribution in [2.45, 2.75) is 32.6 Å². The zero-order chi connectivity index (χ0) is 17.8. The average molecular weight is 337 g/mol. The minimum atomic E-state index is -1.01. The van der Waals surface area contributed by atoms with E-state index in [4.69, 9.17) is 0 Å². The van der Waals surface area contributed by atoms with Gasteiger partial charge in [0, 0.05) is 18.7 Å². The van der Waals surface area contributed by atoms with Crippen LogP contribution >= 0.6 is 0 Å². The van der Waals surface area contributed by atoms with Crippen LogP contribution in [0.3, 0.4) is 0 Å². The number of aromatic carboxylic acids is 1. The SMILES string of the molecule is Cc1ccc(-c2cc(C(=O)O)cc(C(=O)N3CCCCCC3)c2)cc1. The lowest BCUT2D eigenvalue weighted by Gasteiger charge is -2.21. The van der Waals surface area contributed by atoms with Crippen LogP contribution < -0.4 is 0 Å². The Bertz CT molecular complexity index is 772. The number of hydrogen-bond donors (Lipinski definition) is 1. The second kappa shape index (κ2) is 7.51. The Labute approximate surface area is 148 Å². The second-order valence-electron chi connectivity index (χ2n) is 6.68. The third-order valence-electron chi connectivity index (χ3n) is 4.71. The highest BCUT2D eigenvalue weighted by Gasteiger charge is 2.19. The van der Waals surface area contributed by atoms with Gasteiger partial charge in [0.25, 0.3) is 5.91 Å². The first kappa shape index (κ1) is 17.2. The smallest absolute Gasteiger partial charge is 0.335 e. The number of carboxylic acid groups (broad SMARTS) is 1. The van der Waals surface area contributed by atoms with E-state index >= 15 is 0 Å². The van der Waals surface area contributed by atoms with Crippen molar-refractivity contribution in [3.8, 4) is 11.1 Å². The van der Waals surface area contributed by atoms with E-state index in [-0.39, 0.29) is 11.5 Å². The molecule has 0 radical (unpaired) electrons. The molecule has 130 valence electrons. The molecule has 1 saturated heterocycles. The summed E-state index contributed by atoms with van der Waals surface area (Å²) >= 11 is 0. The number of nitrogens with zero attached hydrogens (tertiary/aromatic N) is 1. The van der Waals surface area contributed by atoms with Gasteiger partial charge < -0.3 is 10.0 Å². The number of aryl methyl sites for hydroxylation is 1. The lowest BCUT2D eigenvalue weighted by molar-refractivity contribution is 0.0697. The van der Waals surface area contributed by atoms with Gasteiger partial charge in [-0.2, -0.15) is 0 Å². The summed E-state index contributed by atoms with van der Waals surface area (Å²) in [6, 6.07) is 12.8. The molecule has 1 amide bonds. The van der Waals surface area contributed by atoms with Gasteiger partial charge in [0.15, 0.2) is 0 Å². The van der Waals surface area contributed by atoms with Gasteiger partial charge in [-0.3, -0.25) is 4.79 Å². The van der Waals surface area contributed by atoms with E-state index in [1.54, 1.807) is 6.07 Å². The molecule has 0 saturated carbocycles. The van der Waals surface area contributed by atoms with E-state index in [9.17, 15) is 14.7 Å². The van der Waals surface area contributed by atoms with Crippen molar-refractivity contribution in [3.05, 3.63) is 59.2 Å². The summed E-state index contributed by atoms with van der Waals surface area (Å²) in [6.45, 7) is 3.50. The van der Waals surface area contributed by atoms with Crippen molar-refractivity contribution >= 4 is 11.9 Å². The maximum atomic E-state index is 12.9. The molecule has 0 atom stereocenters. The minimum absolute atomic E-state index is 0.0710. The number of amides is 1. The van der Waals surface area contributed by atoms with Crippen LogP contribution in [-0.2, 0) is 0 Å². The van der Waals surface area contributed by atoms with Crippen LogP contribution in [0.4, 0.5) is 0 Å². The highest BCUT2D eigenvalue weighted by Crippen LogP contribution is 2.24. The Morgan fingerprint density at radius 1 is 0.840 bits per heavy atom. The van der Waals surface area contributed by atoms with E-state index in [0.717, 1.165) is 55.5 Å². The van der Waals surface area contributed by atoms with Crippen molar-refractivity contribution in [2.75, 3.05) is 13.1 Å². The van der Waals surface area contributed by atoms with Gasteiger partial charge in [-0.25, -0.2) is 4.79 Å². The first-order valence-electron chi connectivity index (χ1n) is 8.79. The zero-order valence-electron chi connectivity index (χ0n) is 14.5. The number of benzene rings is 2. The fourth-order valence-electron chi connectivity index (χ4n) is 3.24. The van der Waals surface area contributed by atoms with Gasteiger partial charge >= 0.3 is 5.97 Å². The number of carboxylic acids is 1. The van der Waals surface area contributed by atoms with Gasteiger partial charge in [0.1, 0.15) is 0 Å². The van der Waals surface area contributed by atoms with Gasteiger partial charge in [0.05, 0.1) is 5.56 Å². The van der Waals surface area contributed by atoms with Crippen molar-refractivity contribution in [2.24, 2.45) is 0 Å². The van der Waals surface area contributed by atoms with Crippen molar-refractivity contribution in [1.82, 2.24) is 4.90 Å². The Balaban J connectivity index is 1.99. The molecule has 3 rings (SSSR count). The highest BCUT2D eigenvalue weighted by molar-refractivity contribution is 5.99. The van der Waals surface area contributed by atoms with E-state index < -0.39 is 5.97 Å². The summed E-state index contributed by atoms with van der Waals surface area (Å²) in [5.74, 6) is -1.09. The van der Waals surface area contributed by atoms with Gasteiger partial charge in [-0.1, -0.05) is 42.7 Å². The molecule has 1 aliphatic rings. The lowest BCUT2D eigenvalue weighted by Crippen LogP contribution is -2.32. The largest absolute Gasteiger partial charge is 0.478 e. The molecule has 0 unspecified atom stereocenters. The monoisotopic (exact) mass is 337 g/mol. The highest BCUT2D eigenvalue weighted by atomic mass is 16.4. The summed E-state index contributed by atoms with van der Waals surface area (Å²) in [5.41, 5.74) is 3.42. The maximum absolute atomic E-state index is 12.9. The molecular weight excluding hydrogens is 314 g/mol. The summed E-state index contributed by atoms with van der Waals surface area (Å²) in [6.07, 6.45) is 4.31. The van der Waals surface area contributed by atoms with Crippen LogP contribution in [-0.4, -0.2) is 35.0 Å². The van der Waals surface area contributed by atoms with Crippen molar-refractivity contribution < 1.29 is 14.7 Å². The quantitative estimate of drug-likeness (QED) is 0.904. The van der Waals surface area contributed by atoms with Crippen LogP contribution in [0, 0.1) is 6.92 Å². The third-order valence-corrected chi connectivity index (χ3v) is 4.71. The molecule has 25 heavy (non-hydrogen) atoms. The number of carbonyl (C=O) groups excluding carboxylic acids is 1.